The maximum atomic E-state index is 12.7. The fourth-order valence-electron chi connectivity index (χ4n) is 2.05. The molecule has 1 aromatic heterocycles. The molecule has 110 valence electrons. The second-order valence-electron chi connectivity index (χ2n) is 4.34. The highest BCUT2D eigenvalue weighted by Crippen LogP contribution is 2.32. The predicted molar refractivity (Wildman–Crippen MR) is 80.9 cm³/mol. The van der Waals surface area contributed by atoms with Crippen LogP contribution in [-0.4, -0.2) is 32.2 Å². The minimum atomic E-state index is -0.247. The molecule has 1 amide bonds. The molecule has 0 spiro atoms. The smallest absolute Gasteiger partial charge is 0.261 e. The molecule has 0 radical (unpaired) electrons. The lowest BCUT2D eigenvalue weighted by Crippen LogP contribution is -2.27. The molecular weight excluding hydrogens is 270 g/mol. The van der Waals surface area contributed by atoms with Crippen molar-refractivity contribution < 1.29 is 14.3 Å². The highest BCUT2D eigenvalue weighted by Gasteiger charge is 2.21. The average Bonchev–Trinajstić information content (AvgIpc) is 2.53. The zero-order chi connectivity index (χ0) is 15.4. The van der Waals surface area contributed by atoms with Gasteiger partial charge in [0.25, 0.3) is 5.91 Å². The number of aromatic nitrogens is 1. The van der Waals surface area contributed by atoms with E-state index in [1.165, 1.54) is 25.3 Å². The van der Waals surface area contributed by atoms with Crippen LogP contribution < -0.4 is 20.1 Å². The molecule has 2 rings (SSSR count). The Morgan fingerprint density at radius 2 is 2.00 bits per heavy atom. The van der Waals surface area contributed by atoms with Crippen LogP contribution in [0.5, 0.6) is 11.5 Å². The number of amides is 1. The van der Waals surface area contributed by atoms with Gasteiger partial charge >= 0.3 is 0 Å². The summed E-state index contributed by atoms with van der Waals surface area (Å²) in [5.74, 6) is 0.646. The highest BCUT2D eigenvalue weighted by molar-refractivity contribution is 6.09. The number of nitrogens with two attached hydrogens (primary N) is 1. The van der Waals surface area contributed by atoms with Crippen molar-refractivity contribution >= 4 is 17.3 Å². The molecule has 6 heteroatoms. The summed E-state index contributed by atoms with van der Waals surface area (Å²) in [6.07, 6.45) is 3.08. The third-order valence-electron chi connectivity index (χ3n) is 3.13. The van der Waals surface area contributed by atoms with Gasteiger partial charge in [0.1, 0.15) is 0 Å². The van der Waals surface area contributed by atoms with Gasteiger partial charge in [0.15, 0.2) is 11.5 Å². The van der Waals surface area contributed by atoms with Crippen LogP contribution in [0.4, 0.5) is 11.4 Å². The Hall–Kier alpha value is -2.76. The molecular formula is C15H17N3O3. The number of carbonyl (C=O) groups excluding carboxylic acids is 1. The standard InChI is InChI=1S/C15H17N3O3/c1-18(12-7-8-17-9-11(12)16)15(19)10-5-4-6-13(20-2)14(10)21-3/h4-9H,16H2,1-3H3. The Morgan fingerprint density at radius 3 is 2.62 bits per heavy atom. The van der Waals surface area contributed by atoms with E-state index in [-0.39, 0.29) is 5.91 Å². The topological polar surface area (TPSA) is 77.7 Å². The summed E-state index contributed by atoms with van der Waals surface area (Å²) in [6.45, 7) is 0. The number of para-hydroxylation sites is 1. The number of hydrogen-bond acceptors (Lipinski definition) is 5. The van der Waals surface area contributed by atoms with Crippen LogP contribution in [0, 0.1) is 0 Å². The summed E-state index contributed by atoms with van der Waals surface area (Å²) in [6, 6.07) is 6.83. The number of nitrogen functional groups attached to an aromatic ring is 1. The lowest BCUT2D eigenvalue weighted by Gasteiger charge is -2.20. The first-order valence-electron chi connectivity index (χ1n) is 6.28. The summed E-state index contributed by atoms with van der Waals surface area (Å²) >= 11 is 0. The van der Waals surface area contributed by atoms with Crippen LogP contribution in [-0.2, 0) is 0 Å². The van der Waals surface area contributed by atoms with E-state index >= 15 is 0 Å². The normalized spacial score (nSPS) is 10.0. The van der Waals surface area contributed by atoms with E-state index in [2.05, 4.69) is 4.98 Å². The quantitative estimate of drug-likeness (QED) is 0.930. The van der Waals surface area contributed by atoms with Crippen LogP contribution in [0.15, 0.2) is 36.7 Å². The van der Waals surface area contributed by atoms with Gasteiger partial charge in [-0.15, -0.1) is 0 Å². The number of anilines is 2. The predicted octanol–water partition coefficient (Wildman–Crippen LogP) is 1.96. The lowest BCUT2D eigenvalue weighted by atomic mass is 10.1. The van der Waals surface area contributed by atoms with Crippen molar-refractivity contribution in [3.8, 4) is 11.5 Å². The highest BCUT2D eigenvalue weighted by atomic mass is 16.5. The van der Waals surface area contributed by atoms with Crippen molar-refractivity contribution in [1.29, 1.82) is 0 Å². The van der Waals surface area contributed by atoms with E-state index in [0.717, 1.165) is 0 Å². The summed E-state index contributed by atoms with van der Waals surface area (Å²) in [5, 5.41) is 0. The number of methoxy groups -OCH3 is 2. The van der Waals surface area contributed by atoms with E-state index in [0.29, 0.717) is 28.4 Å². The third-order valence-corrected chi connectivity index (χ3v) is 3.13. The van der Waals surface area contributed by atoms with Crippen LogP contribution in [0.25, 0.3) is 0 Å². The minimum Gasteiger partial charge on any atom is -0.493 e. The number of hydrogen-bond donors (Lipinski definition) is 1. The molecule has 0 aliphatic rings. The Balaban J connectivity index is 2.43. The first-order valence-corrected chi connectivity index (χ1v) is 6.28. The van der Waals surface area contributed by atoms with Crippen molar-refractivity contribution in [2.45, 2.75) is 0 Å². The first-order chi connectivity index (χ1) is 10.1. The largest absolute Gasteiger partial charge is 0.493 e. The lowest BCUT2D eigenvalue weighted by molar-refractivity contribution is 0.0989. The fraction of sp³-hybridized carbons (Fsp3) is 0.200. The van der Waals surface area contributed by atoms with Crippen molar-refractivity contribution in [3.63, 3.8) is 0 Å². The number of carbonyl (C=O) groups is 1. The van der Waals surface area contributed by atoms with E-state index in [1.807, 2.05) is 0 Å². The zero-order valence-corrected chi connectivity index (χ0v) is 12.2. The van der Waals surface area contributed by atoms with Gasteiger partial charge in [0.2, 0.25) is 0 Å². The van der Waals surface area contributed by atoms with Gasteiger partial charge < -0.3 is 20.1 Å². The molecule has 0 bridgehead atoms. The second-order valence-corrected chi connectivity index (χ2v) is 4.34. The summed E-state index contributed by atoms with van der Waals surface area (Å²) in [4.78, 5) is 18.0. The van der Waals surface area contributed by atoms with E-state index in [1.54, 1.807) is 37.5 Å². The van der Waals surface area contributed by atoms with Gasteiger partial charge in [0, 0.05) is 13.2 Å². The van der Waals surface area contributed by atoms with Gasteiger partial charge in [-0.1, -0.05) is 6.07 Å². The molecule has 0 unspecified atom stereocenters. The Morgan fingerprint density at radius 1 is 1.24 bits per heavy atom. The summed E-state index contributed by atoms with van der Waals surface area (Å²) in [5.41, 5.74) is 7.26. The molecule has 0 saturated heterocycles. The van der Waals surface area contributed by atoms with Crippen LogP contribution in [0.2, 0.25) is 0 Å². The first kappa shape index (κ1) is 14.6. The van der Waals surface area contributed by atoms with Crippen LogP contribution in [0.3, 0.4) is 0 Å². The van der Waals surface area contributed by atoms with E-state index in [4.69, 9.17) is 15.2 Å². The molecule has 21 heavy (non-hydrogen) atoms. The number of nitrogens with zero attached hydrogens (tertiary/aromatic N) is 2. The molecule has 0 atom stereocenters. The number of ether oxygens (including phenoxy) is 2. The van der Waals surface area contributed by atoms with Crippen LogP contribution >= 0.6 is 0 Å². The number of rotatable bonds is 4. The van der Waals surface area contributed by atoms with Crippen molar-refractivity contribution in [2.75, 3.05) is 31.9 Å². The average molecular weight is 287 g/mol. The third kappa shape index (κ3) is 2.74. The molecule has 6 nitrogen and oxygen atoms in total. The summed E-state index contributed by atoms with van der Waals surface area (Å²) in [7, 11) is 4.67. The van der Waals surface area contributed by atoms with Gasteiger partial charge in [-0.05, 0) is 18.2 Å². The van der Waals surface area contributed by atoms with Crippen molar-refractivity contribution in [3.05, 3.63) is 42.2 Å². The molecule has 0 saturated carbocycles. The van der Waals surface area contributed by atoms with Gasteiger partial charge in [-0.3, -0.25) is 9.78 Å². The zero-order valence-electron chi connectivity index (χ0n) is 12.2. The second kappa shape index (κ2) is 6.13. The monoisotopic (exact) mass is 287 g/mol. The van der Waals surface area contributed by atoms with Gasteiger partial charge in [-0.2, -0.15) is 0 Å². The van der Waals surface area contributed by atoms with Crippen LogP contribution in [0.1, 0.15) is 10.4 Å². The molecule has 2 aromatic rings. The minimum absolute atomic E-state index is 0.247. The Kier molecular flexibility index (Phi) is 4.27. The molecule has 1 heterocycles. The number of benzene rings is 1. The Labute approximate surface area is 123 Å². The maximum Gasteiger partial charge on any atom is 0.261 e. The van der Waals surface area contributed by atoms with Gasteiger partial charge in [0.05, 0.1) is 37.4 Å². The van der Waals surface area contributed by atoms with E-state index in [9.17, 15) is 4.79 Å². The number of pyridine rings is 1. The van der Waals surface area contributed by atoms with Crippen molar-refractivity contribution in [1.82, 2.24) is 4.98 Å². The van der Waals surface area contributed by atoms with Crippen molar-refractivity contribution in [2.24, 2.45) is 0 Å². The van der Waals surface area contributed by atoms with E-state index < -0.39 is 0 Å². The fourth-order valence-corrected chi connectivity index (χ4v) is 2.05. The maximum absolute atomic E-state index is 12.7. The molecule has 0 aliphatic carbocycles. The molecule has 2 N–H and O–H groups in total. The Bertz CT molecular complexity index is 658. The van der Waals surface area contributed by atoms with Gasteiger partial charge in [-0.25, -0.2) is 0 Å². The molecule has 0 aliphatic heterocycles. The molecule has 1 aromatic carbocycles. The SMILES string of the molecule is COc1cccc(C(=O)N(C)c2ccncc2N)c1OC. The summed E-state index contributed by atoms with van der Waals surface area (Å²) < 4.78 is 10.5. The molecule has 0 fully saturated rings.